The second kappa shape index (κ2) is 16.4. The molecule has 14 rings (SSSR count). The lowest BCUT2D eigenvalue weighted by Gasteiger charge is -2.53. The first-order valence-corrected chi connectivity index (χ1v) is 27.8. The predicted octanol–water partition coefficient (Wildman–Crippen LogP) is 21.1. The molecule has 0 spiro atoms. The zero-order chi connectivity index (χ0) is 53.0. The van der Waals surface area contributed by atoms with Gasteiger partial charge in [0.05, 0.1) is 5.69 Å². The molecule has 0 radical (unpaired) electrons. The first-order valence-electron chi connectivity index (χ1n) is 27.8. The Labute approximate surface area is 455 Å². The van der Waals surface area contributed by atoms with Gasteiger partial charge in [0, 0.05) is 50.1 Å². The standard InChI is InChI=1S/C75H66N2/c1-71(2,3)75(72(4,5)6)66-46-67(77(48-27-15-12-16-28-48)51-37-40-55-53-30-21-23-35-62(53)74(9,10)65(55)45-51)56-32-18-20-34-58(56)68(66)69-57-33-19-17-29-52(57)60-43-49(38-41-59(60)70(69)75)76(47-25-13-11-14-26-47)50-39-42-64-61(44-50)54-31-22-24-36-63(54)73(64,7)8/h11-46H,1-10H3. The van der Waals surface area contributed by atoms with Gasteiger partial charge in [-0.1, -0.05) is 221 Å². The minimum atomic E-state index is -0.462. The van der Waals surface area contributed by atoms with Crippen molar-refractivity contribution in [2.24, 2.45) is 10.8 Å². The van der Waals surface area contributed by atoms with Crippen LogP contribution in [0.25, 0.3) is 65.7 Å². The van der Waals surface area contributed by atoms with E-state index in [9.17, 15) is 0 Å². The van der Waals surface area contributed by atoms with Crippen molar-refractivity contribution < 1.29 is 0 Å². The molecule has 11 aromatic carbocycles. The number of benzene rings is 11. The Hall–Kier alpha value is -8.20. The smallest absolute Gasteiger partial charge is 0.0543 e. The second-order valence-electron chi connectivity index (χ2n) is 25.3. The summed E-state index contributed by atoms with van der Waals surface area (Å²) in [6.07, 6.45) is 0. The van der Waals surface area contributed by atoms with Crippen LogP contribution in [0.3, 0.4) is 0 Å². The van der Waals surface area contributed by atoms with Gasteiger partial charge in [-0.05, 0) is 171 Å². The summed E-state index contributed by atoms with van der Waals surface area (Å²) in [7, 11) is 0. The molecule has 0 N–H and O–H groups in total. The van der Waals surface area contributed by atoms with Crippen molar-refractivity contribution in [1.82, 2.24) is 0 Å². The summed E-state index contributed by atoms with van der Waals surface area (Å²) in [5.41, 5.74) is 22.1. The van der Waals surface area contributed by atoms with Crippen LogP contribution in [0.1, 0.15) is 103 Å². The van der Waals surface area contributed by atoms with Crippen molar-refractivity contribution in [2.45, 2.75) is 85.5 Å². The van der Waals surface area contributed by atoms with E-state index in [0.29, 0.717) is 0 Å². The highest BCUT2D eigenvalue weighted by Crippen LogP contribution is 2.69. The topological polar surface area (TPSA) is 6.48 Å². The molecule has 0 aromatic heterocycles. The number of hydrogen-bond acceptors (Lipinski definition) is 2. The molecule has 0 unspecified atom stereocenters. The van der Waals surface area contributed by atoms with Crippen molar-refractivity contribution in [3.05, 3.63) is 252 Å². The molecule has 0 heterocycles. The van der Waals surface area contributed by atoms with Gasteiger partial charge in [0.15, 0.2) is 0 Å². The van der Waals surface area contributed by atoms with Crippen LogP contribution < -0.4 is 9.80 Å². The Bertz CT molecular complexity index is 4220. The Morgan fingerprint density at radius 1 is 0.286 bits per heavy atom. The molecule has 0 amide bonds. The Morgan fingerprint density at radius 2 is 0.740 bits per heavy atom. The number of rotatable bonds is 6. The molecule has 11 aromatic rings. The molecule has 0 saturated heterocycles. The lowest BCUT2D eigenvalue weighted by molar-refractivity contribution is 0.0965. The monoisotopic (exact) mass is 995 g/mol. The molecule has 0 fully saturated rings. The fourth-order valence-electron chi connectivity index (χ4n) is 15.6. The Morgan fingerprint density at radius 3 is 1.38 bits per heavy atom. The first-order chi connectivity index (χ1) is 37.0. The zero-order valence-corrected chi connectivity index (χ0v) is 46.2. The van der Waals surface area contributed by atoms with E-state index in [1.54, 1.807) is 0 Å². The van der Waals surface area contributed by atoms with E-state index in [1.807, 2.05) is 0 Å². The lowest BCUT2D eigenvalue weighted by Crippen LogP contribution is -2.50. The molecular formula is C75H66N2. The van der Waals surface area contributed by atoms with E-state index in [4.69, 9.17) is 0 Å². The van der Waals surface area contributed by atoms with Gasteiger partial charge < -0.3 is 9.80 Å². The number of para-hydroxylation sites is 2. The molecule has 0 bridgehead atoms. The maximum absolute atomic E-state index is 2.63. The highest BCUT2D eigenvalue weighted by atomic mass is 15.1. The van der Waals surface area contributed by atoms with E-state index in [2.05, 4.69) is 297 Å². The third-order valence-corrected chi connectivity index (χ3v) is 18.5. The maximum Gasteiger partial charge on any atom is 0.0543 e. The fourth-order valence-corrected chi connectivity index (χ4v) is 15.6. The predicted molar refractivity (Wildman–Crippen MR) is 329 cm³/mol. The van der Waals surface area contributed by atoms with Crippen LogP contribution in [0.4, 0.5) is 34.1 Å². The van der Waals surface area contributed by atoms with Gasteiger partial charge >= 0.3 is 0 Å². The minimum absolute atomic E-state index is 0.0770. The number of fused-ring (bicyclic) bond motifs is 16. The average molecular weight is 995 g/mol. The molecule has 2 heteroatoms. The summed E-state index contributed by atoms with van der Waals surface area (Å²) in [5, 5.41) is 7.67. The highest BCUT2D eigenvalue weighted by molar-refractivity contribution is 6.23. The first kappa shape index (κ1) is 47.3. The van der Waals surface area contributed by atoms with Gasteiger partial charge in [0.2, 0.25) is 0 Å². The van der Waals surface area contributed by atoms with Crippen molar-refractivity contribution in [1.29, 1.82) is 0 Å². The van der Waals surface area contributed by atoms with Crippen molar-refractivity contribution in [3.8, 4) is 33.4 Å². The van der Waals surface area contributed by atoms with Crippen LogP contribution in [-0.4, -0.2) is 0 Å². The van der Waals surface area contributed by atoms with E-state index >= 15 is 0 Å². The van der Waals surface area contributed by atoms with Crippen LogP contribution in [0.15, 0.2) is 218 Å². The van der Waals surface area contributed by atoms with Gasteiger partial charge in [0.1, 0.15) is 0 Å². The lowest BCUT2D eigenvalue weighted by atomic mass is 9.49. The Kier molecular flexibility index (Phi) is 10.1. The molecule has 0 saturated carbocycles. The van der Waals surface area contributed by atoms with Crippen molar-refractivity contribution in [2.75, 3.05) is 9.80 Å². The van der Waals surface area contributed by atoms with Crippen molar-refractivity contribution in [3.63, 3.8) is 0 Å². The number of hydrogen-bond donors (Lipinski definition) is 0. The van der Waals surface area contributed by atoms with Gasteiger partial charge in [0.25, 0.3) is 0 Å². The molecular weight excluding hydrogens is 929 g/mol. The summed E-state index contributed by atoms with van der Waals surface area (Å²) in [4.78, 5) is 5.03. The molecule has 0 atom stereocenters. The van der Waals surface area contributed by atoms with E-state index in [-0.39, 0.29) is 21.7 Å². The number of anilines is 6. The zero-order valence-electron chi connectivity index (χ0n) is 46.2. The molecule has 3 aliphatic rings. The van der Waals surface area contributed by atoms with Gasteiger partial charge in [-0.15, -0.1) is 0 Å². The third kappa shape index (κ3) is 6.48. The molecule has 77 heavy (non-hydrogen) atoms. The summed E-state index contributed by atoms with van der Waals surface area (Å²) < 4.78 is 0. The molecule has 0 aliphatic heterocycles. The minimum Gasteiger partial charge on any atom is -0.310 e. The molecule has 2 nitrogen and oxygen atoms in total. The van der Waals surface area contributed by atoms with E-state index < -0.39 is 5.41 Å². The maximum atomic E-state index is 2.63. The van der Waals surface area contributed by atoms with Crippen molar-refractivity contribution >= 4 is 66.4 Å². The average Bonchev–Trinajstić information content (AvgIpc) is 3.65. The largest absolute Gasteiger partial charge is 0.310 e. The van der Waals surface area contributed by atoms with Crippen LogP contribution in [0.2, 0.25) is 0 Å². The number of nitrogens with zero attached hydrogens (tertiary/aromatic N) is 2. The van der Waals surface area contributed by atoms with E-state index in [1.165, 1.54) is 105 Å². The highest BCUT2D eigenvalue weighted by Gasteiger charge is 2.59. The van der Waals surface area contributed by atoms with Crippen LogP contribution in [0, 0.1) is 10.8 Å². The summed E-state index contributed by atoms with van der Waals surface area (Å²) in [5.74, 6) is 0. The van der Waals surface area contributed by atoms with Crippen LogP contribution >= 0.6 is 0 Å². The van der Waals surface area contributed by atoms with Crippen LogP contribution in [-0.2, 0) is 16.2 Å². The van der Waals surface area contributed by atoms with Gasteiger partial charge in [-0.2, -0.15) is 0 Å². The van der Waals surface area contributed by atoms with Gasteiger partial charge in [-0.3, -0.25) is 0 Å². The third-order valence-electron chi connectivity index (χ3n) is 18.5. The Balaban J connectivity index is 1.04. The van der Waals surface area contributed by atoms with E-state index in [0.717, 1.165) is 28.4 Å². The summed E-state index contributed by atoms with van der Waals surface area (Å²) >= 11 is 0. The quantitative estimate of drug-likeness (QED) is 0.153. The fraction of sp³-hybridized carbons (Fsp3) is 0.200. The summed E-state index contributed by atoms with van der Waals surface area (Å²) in [6, 6.07) is 82.9. The van der Waals surface area contributed by atoms with Gasteiger partial charge in [-0.25, -0.2) is 0 Å². The van der Waals surface area contributed by atoms with Crippen LogP contribution in [0.5, 0.6) is 0 Å². The second-order valence-corrected chi connectivity index (χ2v) is 25.3. The normalized spacial score (nSPS) is 15.2. The SMILES string of the molecule is CC1(C)c2ccccc2-c2cc(N(c3ccccc3)c3ccc4c5c(c6ccccc6c4c3)-c3c(cc(N(c4ccccc4)c4ccc6c(c4)C(C)(C)c4ccccc4-6)c4ccccc34)C5(C(C)(C)C)C(C)(C)C)ccc21. The molecule has 376 valence electrons. The summed E-state index contributed by atoms with van der Waals surface area (Å²) in [6.45, 7) is 24.5. The molecule has 3 aliphatic carbocycles.